The smallest absolute Gasteiger partial charge is 0.0494 e. The summed E-state index contributed by atoms with van der Waals surface area (Å²) in [5, 5.41) is 2.88. The molecule has 21 heavy (non-hydrogen) atoms. The molecule has 1 heteroatoms. The van der Waals surface area contributed by atoms with E-state index in [1.807, 2.05) is 13.8 Å². The Bertz CT molecular complexity index is 762. The lowest BCUT2D eigenvalue weighted by atomic mass is 9.99. The minimum atomic E-state index is 1.02. The monoisotopic (exact) mass is 281 g/mol. The van der Waals surface area contributed by atoms with E-state index >= 15 is 0 Å². The first-order chi connectivity index (χ1) is 10.2. The zero-order valence-corrected chi connectivity index (χ0v) is 14.2. The summed E-state index contributed by atoms with van der Waals surface area (Å²) in [4.78, 5) is 0. The second-order valence-corrected chi connectivity index (χ2v) is 5.37. The molecule has 0 spiro atoms. The van der Waals surface area contributed by atoms with Crippen molar-refractivity contribution in [2.45, 2.75) is 54.5 Å². The van der Waals surface area contributed by atoms with Crippen LogP contribution in [0.3, 0.4) is 0 Å². The fraction of sp³-hybridized carbons (Fsp3) is 0.400. The molecule has 0 bridgehead atoms. The molecule has 1 heterocycles. The summed E-state index contributed by atoms with van der Waals surface area (Å²) in [6.45, 7) is 13.9. The van der Waals surface area contributed by atoms with Crippen molar-refractivity contribution in [1.82, 2.24) is 4.57 Å². The SMILES string of the molecule is CC.CCc1c(C)ccc2c1c1cc(C)ccc1n2CC. The van der Waals surface area contributed by atoms with Gasteiger partial charge in [0.1, 0.15) is 0 Å². The Morgan fingerprint density at radius 2 is 1.57 bits per heavy atom. The van der Waals surface area contributed by atoms with Gasteiger partial charge in [-0.2, -0.15) is 0 Å². The summed E-state index contributed by atoms with van der Waals surface area (Å²) < 4.78 is 2.43. The third-order valence-corrected chi connectivity index (χ3v) is 4.20. The molecule has 0 radical (unpaired) electrons. The van der Waals surface area contributed by atoms with E-state index in [0.717, 1.165) is 13.0 Å². The highest BCUT2D eigenvalue weighted by atomic mass is 15.0. The fourth-order valence-corrected chi connectivity index (χ4v) is 3.28. The molecule has 0 aliphatic rings. The van der Waals surface area contributed by atoms with Gasteiger partial charge in [0.15, 0.2) is 0 Å². The third kappa shape index (κ3) is 2.46. The molecule has 0 fully saturated rings. The minimum absolute atomic E-state index is 1.02. The molecule has 1 nitrogen and oxygen atoms in total. The first kappa shape index (κ1) is 15.6. The van der Waals surface area contributed by atoms with Crippen molar-refractivity contribution in [2.75, 3.05) is 0 Å². The molecule has 0 saturated carbocycles. The van der Waals surface area contributed by atoms with Gasteiger partial charge in [-0.15, -0.1) is 0 Å². The molecule has 0 N–H and O–H groups in total. The number of hydrogen-bond donors (Lipinski definition) is 0. The number of benzene rings is 2. The van der Waals surface area contributed by atoms with Gasteiger partial charge in [0.25, 0.3) is 0 Å². The lowest BCUT2D eigenvalue weighted by Crippen LogP contribution is -1.94. The number of nitrogens with zero attached hydrogens (tertiary/aromatic N) is 1. The highest BCUT2D eigenvalue weighted by molar-refractivity contribution is 6.10. The van der Waals surface area contributed by atoms with Gasteiger partial charge in [-0.1, -0.05) is 38.5 Å². The molecule has 0 aliphatic heterocycles. The fourth-order valence-electron chi connectivity index (χ4n) is 3.28. The van der Waals surface area contributed by atoms with Crippen molar-refractivity contribution in [1.29, 1.82) is 0 Å². The zero-order chi connectivity index (χ0) is 15.6. The predicted octanol–water partition coefficient (Wildman–Crippen LogP) is 6.02. The largest absolute Gasteiger partial charge is 0.341 e. The van der Waals surface area contributed by atoms with Gasteiger partial charge in [0, 0.05) is 28.4 Å². The van der Waals surface area contributed by atoms with Crippen LogP contribution >= 0.6 is 0 Å². The molecule has 0 unspecified atom stereocenters. The maximum absolute atomic E-state index is 2.43. The summed E-state index contributed by atoms with van der Waals surface area (Å²) in [6, 6.07) is 11.4. The Labute approximate surface area is 128 Å². The molecule has 0 atom stereocenters. The van der Waals surface area contributed by atoms with E-state index in [0.29, 0.717) is 0 Å². The average molecular weight is 281 g/mol. The molecule has 0 saturated heterocycles. The van der Waals surface area contributed by atoms with E-state index in [1.54, 1.807) is 0 Å². The van der Waals surface area contributed by atoms with Gasteiger partial charge in [-0.05, 0) is 56.5 Å². The highest BCUT2D eigenvalue weighted by Gasteiger charge is 2.13. The van der Waals surface area contributed by atoms with Crippen molar-refractivity contribution in [3.63, 3.8) is 0 Å². The molecule has 112 valence electrons. The minimum Gasteiger partial charge on any atom is -0.341 e. The summed E-state index contributed by atoms with van der Waals surface area (Å²) in [5.41, 5.74) is 6.99. The summed E-state index contributed by atoms with van der Waals surface area (Å²) in [5.74, 6) is 0. The Balaban J connectivity index is 0.000000774. The summed E-state index contributed by atoms with van der Waals surface area (Å²) in [7, 11) is 0. The standard InChI is InChI=1S/C18H21N.C2H6/c1-5-14-13(4)8-10-17-18(14)15-11-12(3)7-9-16(15)19(17)6-2;1-2/h7-11H,5-6H2,1-4H3;1-2H3. The average Bonchev–Trinajstić information content (AvgIpc) is 2.82. The quantitative estimate of drug-likeness (QED) is 0.541. The van der Waals surface area contributed by atoms with Crippen LogP contribution in [-0.2, 0) is 13.0 Å². The summed E-state index contributed by atoms with van der Waals surface area (Å²) in [6.07, 6.45) is 1.10. The number of aryl methyl sites for hydroxylation is 4. The van der Waals surface area contributed by atoms with Gasteiger partial charge in [0.05, 0.1) is 0 Å². The topological polar surface area (TPSA) is 4.93 Å². The van der Waals surface area contributed by atoms with E-state index in [1.165, 1.54) is 38.5 Å². The number of fused-ring (bicyclic) bond motifs is 3. The van der Waals surface area contributed by atoms with Gasteiger partial charge >= 0.3 is 0 Å². The highest BCUT2D eigenvalue weighted by Crippen LogP contribution is 2.34. The lowest BCUT2D eigenvalue weighted by molar-refractivity contribution is 0.826. The van der Waals surface area contributed by atoms with Gasteiger partial charge in [-0.3, -0.25) is 0 Å². The van der Waals surface area contributed by atoms with Crippen LogP contribution in [0.2, 0.25) is 0 Å². The lowest BCUT2D eigenvalue weighted by Gasteiger charge is -2.07. The molecule has 1 aromatic heterocycles. The van der Waals surface area contributed by atoms with Crippen LogP contribution < -0.4 is 0 Å². The maximum atomic E-state index is 2.43. The Hall–Kier alpha value is -1.76. The van der Waals surface area contributed by atoms with E-state index in [9.17, 15) is 0 Å². The Kier molecular flexibility index (Phi) is 4.72. The second-order valence-electron chi connectivity index (χ2n) is 5.37. The normalized spacial score (nSPS) is 10.8. The molecule has 3 rings (SSSR count). The van der Waals surface area contributed by atoms with Crippen LogP contribution in [0.4, 0.5) is 0 Å². The van der Waals surface area contributed by atoms with Crippen LogP contribution in [0.5, 0.6) is 0 Å². The van der Waals surface area contributed by atoms with Crippen molar-refractivity contribution < 1.29 is 0 Å². The van der Waals surface area contributed by atoms with E-state index < -0.39 is 0 Å². The van der Waals surface area contributed by atoms with Gasteiger partial charge < -0.3 is 4.57 Å². The van der Waals surface area contributed by atoms with E-state index in [-0.39, 0.29) is 0 Å². The van der Waals surface area contributed by atoms with Crippen molar-refractivity contribution >= 4 is 21.8 Å². The predicted molar refractivity (Wildman–Crippen MR) is 95.3 cm³/mol. The number of hydrogen-bond acceptors (Lipinski definition) is 0. The first-order valence-corrected chi connectivity index (χ1v) is 8.18. The Morgan fingerprint density at radius 3 is 2.19 bits per heavy atom. The van der Waals surface area contributed by atoms with Gasteiger partial charge in [0.2, 0.25) is 0 Å². The van der Waals surface area contributed by atoms with E-state index in [4.69, 9.17) is 0 Å². The van der Waals surface area contributed by atoms with Crippen LogP contribution in [0.25, 0.3) is 21.8 Å². The zero-order valence-electron chi connectivity index (χ0n) is 14.2. The number of aromatic nitrogens is 1. The molecular formula is C20H27N. The maximum Gasteiger partial charge on any atom is 0.0494 e. The van der Waals surface area contributed by atoms with Crippen molar-refractivity contribution in [2.24, 2.45) is 0 Å². The molecule has 2 aromatic carbocycles. The van der Waals surface area contributed by atoms with Crippen LogP contribution in [-0.4, -0.2) is 4.57 Å². The number of rotatable bonds is 2. The van der Waals surface area contributed by atoms with Gasteiger partial charge in [-0.25, -0.2) is 0 Å². The second kappa shape index (κ2) is 6.34. The molecule has 0 aliphatic carbocycles. The Morgan fingerprint density at radius 1 is 0.905 bits per heavy atom. The van der Waals surface area contributed by atoms with Crippen LogP contribution in [0, 0.1) is 13.8 Å². The third-order valence-electron chi connectivity index (χ3n) is 4.20. The van der Waals surface area contributed by atoms with Crippen LogP contribution in [0.15, 0.2) is 30.3 Å². The van der Waals surface area contributed by atoms with Crippen LogP contribution in [0.1, 0.15) is 44.4 Å². The summed E-state index contributed by atoms with van der Waals surface area (Å²) >= 11 is 0. The molecule has 3 aromatic rings. The van der Waals surface area contributed by atoms with Crippen molar-refractivity contribution in [3.8, 4) is 0 Å². The molecule has 0 amide bonds. The van der Waals surface area contributed by atoms with E-state index in [2.05, 4.69) is 62.6 Å². The van der Waals surface area contributed by atoms with Crippen molar-refractivity contribution in [3.05, 3.63) is 47.0 Å². The first-order valence-electron chi connectivity index (χ1n) is 8.18. The molecular weight excluding hydrogens is 254 g/mol.